The molecule has 1 N–H and O–H groups in total. The highest BCUT2D eigenvalue weighted by molar-refractivity contribution is 6.31. The number of carboxylic acid groups (broad SMARTS) is 1. The van der Waals surface area contributed by atoms with Crippen molar-refractivity contribution >= 4 is 23.6 Å². The van der Waals surface area contributed by atoms with Crippen molar-refractivity contribution in [2.45, 2.75) is 24.6 Å². The lowest BCUT2D eigenvalue weighted by atomic mass is 10.0. The summed E-state index contributed by atoms with van der Waals surface area (Å²) in [6.07, 6.45) is -15.2. The molecule has 0 aliphatic carbocycles. The molecular formula is C20H12ClF9O3. The standard InChI is InChI=1S/C20H12ClF9O3/c21-15-4-3-11(18(22,23)24)9-14(15)16(17(31)32)33-5-1-2-10-6-12(19(25,26)27)8-13(7-10)20(28,29)30/h1-4,6-9,16H,5H2,(H,31,32)/b2-1-. The van der Waals surface area contributed by atoms with Crippen LogP contribution >= 0.6 is 11.6 Å². The Kier molecular flexibility index (Phi) is 7.74. The largest absolute Gasteiger partial charge is 0.479 e. The lowest BCUT2D eigenvalue weighted by Crippen LogP contribution is -2.17. The van der Waals surface area contributed by atoms with E-state index in [2.05, 4.69) is 0 Å². The summed E-state index contributed by atoms with van der Waals surface area (Å²) in [7, 11) is 0. The highest BCUT2D eigenvalue weighted by atomic mass is 35.5. The third-order valence-electron chi connectivity index (χ3n) is 4.11. The van der Waals surface area contributed by atoms with Gasteiger partial charge in [0.1, 0.15) is 0 Å². The molecule has 0 fully saturated rings. The molecule has 180 valence electrons. The van der Waals surface area contributed by atoms with Crippen LogP contribution < -0.4 is 0 Å². The average Bonchev–Trinajstić information content (AvgIpc) is 2.66. The van der Waals surface area contributed by atoms with Crippen LogP contribution in [0, 0.1) is 0 Å². The first-order valence-electron chi connectivity index (χ1n) is 8.67. The Morgan fingerprint density at radius 3 is 1.85 bits per heavy atom. The van der Waals surface area contributed by atoms with E-state index in [-0.39, 0.29) is 11.1 Å². The molecule has 0 saturated heterocycles. The maximum absolute atomic E-state index is 12.9. The van der Waals surface area contributed by atoms with Crippen LogP contribution in [0.1, 0.15) is 33.9 Å². The summed E-state index contributed by atoms with van der Waals surface area (Å²) in [5, 5.41) is 8.92. The maximum atomic E-state index is 12.9. The van der Waals surface area contributed by atoms with E-state index in [1.807, 2.05) is 0 Å². The second-order valence-electron chi connectivity index (χ2n) is 6.53. The van der Waals surface area contributed by atoms with E-state index in [1.165, 1.54) is 0 Å². The molecule has 0 aliphatic heterocycles. The fourth-order valence-electron chi connectivity index (χ4n) is 2.63. The van der Waals surface area contributed by atoms with E-state index in [0.717, 1.165) is 18.2 Å². The van der Waals surface area contributed by atoms with E-state index in [9.17, 15) is 49.4 Å². The molecule has 0 saturated carbocycles. The molecule has 33 heavy (non-hydrogen) atoms. The van der Waals surface area contributed by atoms with Crippen molar-refractivity contribution in [2.24, 2.45) is 0 Å². The van der Waals surface area contributed by atoms with Gasteiger partial charge in [0, 0.05) is 10.6 Å². The van der Waals surface area contributed by atoms with Crippen LogP contribution in [0.4, 0.5) is 39.5 Å². The topological polar surface area (TPSA) is 46.5 Å². The number of hydrogen-bond donors (Lipinski definition) is 1. The molecule has 0 spiro atoms. The Labute approximate surface area is 185 Å². The number of benzene rings is 2. The molecule has 2 aromatic carbocycles. The van der Waals surface area contributed by atoms with Gasteiger partial charge >= 0.3 is 24.5 Å². The summed E-state index contributed by atoms with van der Waals surface area (Å²) in [6.45, 7) is -0.679. The fraction of sp³-hybridized carbons (Fsp3) is 0.250. The number of hydrogen-bond acceptors (Lipinski definition) is 2. The number of halogens is 10. The second-order valence-corrected chi connectivity index (χ2v) is 6.93. The third kappa shape index (κ3) is 7.13. The van der Waals surface area contributed by atoms with Gasteiger partial charge in [0.05, 0.1) is 23.3 Å². The van der Waals surface area contributed by atoms with Gasteiger partial charge in [-0.05, 0) is 42.0 Å². The smallest absolute Gasteiger partial charge is 0.416 e. The van der Waals surface area contributed by atoms with Gasteiger partial charge in [-0.1, -0.05) is 23.8 Å². The molecular weight excluding hydrogens is 495 g/mol. The maximum Gasteiger partial charge on any atom is 0.416 e. The predicted molar refractivity (Wildman–Crippen MR) is 98.3 cm³/mol. The van der Waals surface area contributed by atoms with Crippen LogP contribution in [0.5, 0.6) is 0 Å². The van der Waals surface area contributed by atoms with Gasteiger partial charge in [-0.15, -0.1) is 0 Å². The first-order valence-corrected chi connectivity index (χ1v) is 9.05. The molecule has 0 heterocycles. The van der Waals surface area contributed by atoms with E-state index in [1.54, 1.807) is 0 Å². The van der Waals surface area contributed by atoms with Gasteiger partial charge in [0.2, 0.25) is 0 Å². The third-order valence-corrected chi connectivity index (χ3v) is 4.45. The van der Waals surface area contributed by atoms with Gasteiger partial charge in [-0.3, -0.25) is 0 Å². The molecule has 1 unspecified atom stereocenters. The van der Waals surface area contributed by atoms with Gasteiger partial charge in [-0.25, -0.2) is 4.79 Å². The Balaban J connectivity index is 2.28. The first kappa shape index (κ1) is 26.5. The lowest BCUT2D eigenvalue weighted by molar-refractivity contribution is -0.150. The van der Waals surface area contributed by atoms with E-state index in [0.29, 0.717) is 24.3 Å². The van der Waals surface area contributed by atoms with Crippen molar-refractivity contribution in [3.05, 3.63) is 75.3 Å². The summed E-state index contributed by atoms with van der Waals surface area (Å²) in [4.78, 5) is 11.4. The molecule has 1 atom stereocenters. The zero-order valence-corrected chi connectivity index (χ0v) is 16.7. The molecule has 0 aromatic heterocycles. The Hall–Kier alpha value is -2.73. The van der Waals surface area contributed by atoms with Crippen LogP contribution in [0.2, 0.25) is 5.02 Å². The second kappa shape index (κ2) is 9.64. The molecule has 0 amide bonds. The van der Waals surface area contributed by atoms with E-state index in [4.69, 9.17) is 16.3 Å². The number of alkyl halides is 9. The van der Waals surface area contributed by atoms with Gasteiger partial charge in [0.25, 0.3) is 0 Å². The minimum absolute atomic E-state index is 0.0655. The number of carbonyl (C=O) groups is 1. The van der Waals surface area contributed by atoms with Crippen molar-refractivity contribution in [1.29, 1.82) is 0 Å². The van der Waals surface area contributed by atoms with Crippen molar-refractivity contribution in [3.63, 3.8) is 0 Å². The van der Waals surface area contributed by atoms with Crippen LogP contribution in [0.3, 0.4) is 0 Å². The summed E-state index contributed by atoms with van der Waals surface area (Å²) in [6, 6.07) is 2.71. The lowest BCUT2D eigenvalue weighted by Gasteiger charge is -2.16. The fourth-order valence-corrected chi connectivity index (χ4v) is 2.84. The summed E-state index contributed by atoms with van der Waals surface area (Å²) < 4.78 is 121. The molecule has 0 radical (unpaired) electrons. The Morgan fingerprint density at radius 1 is 0.879 bits per heavy atom. The van der Waals surface area contributed by atoms with Crippen LogP contribution in [-0.2, 0) is 28.1 Å². The molecule has 2 rings (SSSR count). The van der Waals surface area contributed by atoms with Crippen molar-refractivity contribution in [3.8, 4) is 0 Å². The molecule has 0 aliphatic rings. The number of ether oxygens (including phenoxy) is 1. The molecule has 0 bridgehead atoms. The summed E-state index contributed by atoms with van der Waals surface area (Å²) >= 11 is 5.77. The summed E-state index contributed by atoms with van der Waals surface area (Å²) in [5.74, 6) is -1.72. The van der Waals surface area contributed by atoms with E-state index < -0.39 is 65.0 Å². The quantitative estimate of drug-likeness (QED) is 0.420. The minimum atomic E-state index is -5.06. The van der Waals surface area contributed by atoms with Gasteiger partial charge in [0.15, 0.2) is 6.10 Å². The van der Waals surface area contributed by atoms with Crippen LogP contribution in [0.15, 0.2) is 42.5 Å². The van der Waals surface area contributed by atoms with Crippen molar-refractivity contribution in [1.82, 2.24) is 0 Å². The van der Waals surface area contributed by atoms with Gasteiger partial charge < -0.3 is 9.84 Å². The molecule has 2 aromatic rings. The normalized spacial score (nSPS) is 14.0. The first-order chi connectivity index (χ1) is 15.0. The Morgan fingerprint density at radius 2 is 1.39 bits per heavy atom. The van der Waals surface area contributed by atoms with E-state index >= 15 is 0 Å². The number of aliphatic carboxylic acids is 1. The predicted octanol–water partition coefficient (Wildman–Crippen LogP) is 7.25. The minimum Gasteiger partial charge on any atom is -0.479 e. The Bertz CT molecular complexity index is 1010. The van der Waals surface area contributed by atoms with Crippen LogP contribution in [-0.4, -0.2) is 17.7 Å². The zero-order chi connectivity index (χ0) is 25.2. The van der Waals surface area contributed by atoms with Gasteiger partial charge in [-0.2, -0.15) is 39.5 Å². The average molecular weight is 507 g/mol. The van der Waals surface area contributed by atoms with Crippen LogP contribution in [0.25, 0.3) is 6.08 Å². The number of rotatable bonds is 6. The van der Waals surface area contributed by atoms with Crippen molar-refractivity contribution in [2.75, 3.05) is 6.61 Å². The summed E-state index contributed by atoms with van der Waals surface area (Å²) in [5.41, 5.74) is -5.36. The zero-order valence-electron chi connectivity index (χ0n) is 15.9. The number of carboxylic acids is 1. The molecule has 3 nitrogen and oxygen atoms in total. The monoisotopic (exact) mass is 506 g/mol. The SMILES string of the molecule is O=C(O)C(OC/C=C\c1cc(C(F)(F)F)cc(C(F)(F)F)c1)c1cc(C(F)(F)F)ccc1Cl. The highest BCUT2D eigenvalue weighted by Crippen LogP contribution is 2.37. The molecule has 13 heteroatoms. The van der Waals surface area contributed by atoms with Crippen molar-refractivity contribution < 1.29 is 54.2 Å². The highest BCUT2D eigenvalue weighted by Gasteiger charge is 2.37.